The molecule has 0 saturated heterocycles. The number of hydrogen-bond donors (Lipinski definition) is 1. The quantitative estimate of drug-likeness (QED) is 0.414. The number of thioether (sulfide) groups is 1. The molecule has 0 bridgehead atoms. The summed E-state index contributed by atoms with van der Waals surface area (Å²) in [6, 6.07) is 6.96. The maximum atomic E-state index is 12.4. The van der Waals surface area contributed by atoms with Crippen LogP contribution < -0.4 is 5.32 Å². The zero-order chi connectivity index (χ0) is 18.5. The Morgan fingerprint density at radius 1 is 1.31 bits per heavy atom. The van der Waals surface area contributed by atoms with E-state index in [1.165, 1.54) is 11.8 Å². The summed E-state index contributed by atoms with van der Waals surface area (Å²) in [5.41, 5.74) is 1.31. The van der Waals surface area contributed by atoms with Crippen molar-refractivity contribution in [1.29, 1.82) is 0 Å². The summed E-state index contributed by atoms with van der Waals surface area (Å²) < 4.78 is 2.05. The van der Waals surface area contributed by atoms with Gasteiger partial charge in [0.15, 0.2) is 10.9 Å². The summed E-state index contributed by atoms with van der Waals surface area (Å²) in [5, 5.41) is 12.1. The Kier molecular flexibility index (Phi) is 5.88. The van der Waals surface area contributed by atoms with E-state index >= 15 is 0 Å². The maximum Gasteiger partial charge on any atom is 0.224 e. The normalized spacial score (nSPS) is 13.4. The molecule has 0 radical (unpaired) electrons. The van der Waals surface area contributed by atoms with Gasteiger partial charge in [-0.05, 0) is 37.1 Å². The van der Waals surface area contributed by atoms with E-state index in [0.29, 0.717) is 35.9 Å². The van der Waals surface area contributed by atoms with E-state index in [9.17, 15) is 9.59 Å². The van der Waals surface area contributed by atoms with Gasteiger partial charge in [-0.25, -0.2) is 0 Å². The number of amides is 1. The van der Waals surface area contributed by atoms with Gasteiger partial charge >= 0.3 is 0 Å². The van der Waals surface area contributed by atoms with Crippen LogP contribution in [0.5, 0.6) is 0 Å². The highest BCUT2D eigenvalue weighted by Crippen LogP contribution is 2.40. The largest absolute Gasteiger partial charge is 0.326 e. The van der Waals surface area contributed by atoms with Crippen LogP contribution >= 0.6 is 11.8 Å². The van der Waals surface area contributed by atoms with Crippen LogP contribution in [0.15, 0.2) is 42.1 Å². The first-order chi connectivity index (χ1) is 12.6. The van der Waals surface area contributed by atoms with E-state index in [1.54, 1.807) is 31.2 Å². The predicted octanol–water partition coefficient (Wildman–Crippen LogP) is 3.67. The molecule has 1 amide bonds. The topological polar surface area (TPSA) is 76.9 Å². The molecule has 0 atom stereocenters. The number of anilines is 1. The summed E-state index contributed by atoms with van der Waals surface area (Å²) in [5.74, 6) is 1.76. The minimum atomic E-state index is -0.0485. The third-order valence-electron chi connectivity index (χ3n) is 4.14. The molecule has 1 fully saturated rings. The van der Waals surface area contributed by atoms with Crippen molar-refractivity contribution in [3.63, 3.8) is 0 Å². The molecule has 0 aliphatic heterocycles. The first kappa shape index (κ1) is 18.4. The highest BCUT2D eigenvalue weighted by molar-refractivity contribution is 7.99. The molecule has 3 rings (SSSR count). The van der Waals surface area contributed by atoms with Crippen LogP contribution in [0.2, 0.25) is 0 Å². The van der Waals surface area contributed by atoms with Crippen molar-refractivity contribution in [2.24, 2.45) is 0 Å². The van der Waals surface area contributed by atoms with Crippen molar-refractivity contribution in [2.75, 3.05) is 11.1 Å². The van der Waals surface area contributed by atoms with Crippen molar-refractivity contribution in [3.05, 3.63) is 48.3 Å². The van der Waals surface area contributed by atoms with Gasteiger partial charge in [0.1, 0.15) is 5.82 Å². The summed E-state index contributed by atoms with van der Waals surface area (Å²) in [4.78, 5) is 23.8. The molecule has 1 aromatic heterocycles. The lowest BCUT2D eigenvalue weighted by molar-refractivity contribution is -0.115. The number of nitrogens with one attached hydrogen (secondary N) is 1. The molecule has 1 aliphatic carbocycles. The first-order valence-corrected chi connectivity index (χ1v) is 9.70. The van der Waals surface area contributed by atoms with Crippen molar-refractivity contribution >= 4 is 29.1 Å². The molecule has 0 unspecified atom stereocenters. The second-order valence-electron chi connectivity index (χ2n) is 6.21. The third-order valence-corrected chi connectivity index (χ3v) is 5.11. The predicted molar refractivity (Wildman–Crippen MR) is 103 cm³/mol. The summed E-state index contributed by atoms with van der Waals surface area (Å²) >= 11 is 1.40. The second-order valence-corrected chi connectivity index (χ2v) is 7.15. The lowest BCUT2D eigenvalue weighted by Crippen LogP contribution is -2.10. The molecule has 6 nitrogen and oxygen atoms in total. The Morgan fingerprint density at radius 2 is 2.04 bits per heavy atom. The van der Waals surface area contributed by atoms with Gasteiger partial charge in [-0.3, -0.25) is 9.59 Å². The number of aromatic nitrogens is 3. The van der Waals surface area contributed by atoms with Gasteiger partial charge in [-0.15, -0.1) is 16.8 Å². The molecule has 136 valence electrons. The van der Waals surface area contributed by atoms with Gasteiger partial charge in [0.25, 0.3) is 0 Å². The van der Waals surface area contributed by atoms with Crippen molar-refractivity contribution in [2.45, 2.75) is 43.8 Å². The fourth-order valence-electron chi connectivity index (χ4n) is 2.55. The van der Waals surface area contributed by atoms with Gasteiger partial charge in [-0.2, -0.15) is 0 Å². The monoisotopic (exact) mass is 370 g/mol. The molecule has 2 aromatic rings. The Hall–Kier alpha value is -2.41. The lowest BCUT2D eigenvalue weighted by Gasteiger charge is -2.07. The SMILES string of the molecule is C=CCn1c(SCC(=O)c2ccc(NC(=O)CC)cc2)nnc1C1CC1. The number of ketones is 1. The average Bonchev–Trinajstić information content (AvgIpc) is 3.42. The van der Waals surface area contributed by atoms with E-state index in [0.717, 1.165) is 23.8 Å². The molecule has 1 N–H and O–H groups in total. The Balaban J connectivity index is 1.62. The van der Waals surface area contributed by atoms with Crippen LogP contribution in [0.3, 0.4) is 0 Å². The van der Waals surface area contributed by atoms with E-state index in [4.69, 9.17) is 0 Å². The zero-order valence-electron chi connectivity index (χ0n) is 14.8. The fourth-order valence-corrected chi connectivity index (χ4v) is 3.40. The lowest BCUT2D eigenvalue weighted by atomic mass is 10.1. The van der Waals surface area contributed by atoms with Gasteiger partial charge < -0.3 is 9.88 Å². The van der Waals surface area contributed by atoms with E-state index in [2.05, 4.69) is 22.1 Å². The van der Waals surface area contributed by atoms with E-state index in [1.807, 2.05) is 10.6 Å². The molecular formula is C19H22N4O2S. The average molecular weight is 370 g/mol. The number of allylic oxidation sites excluding steroid dienone is 1. The van der Waals surface area contributed by atoms with Gasteiger partial charge in [-0.1, -0.05) is 24.8 Å². The molecule has 0 spiro atoms. The highest BCUT2D eigenvalue weighted by Gasteiger charge is 2.30. The summed E-state index contributed by atoms with van der Waals surface area (Å²) in [6.45, 7) is 6.24. The smallest absolute Gasteiger partial charge is 0.224 e. The number of carbonyl (C=O) groups excluding carboxylic acids is 2. The van der Waals surface area contributed by atoms with Gasteiger partial charge in [0, 0.05) is 30.1 Å². The molecule has 1 aliphatic rings. The van der Waals surface area contributed by atoms with Crippen LogP contribution in [0, 0.1) is 0 Å². The minimum absolute atomic E-state index is 0.0180. The molecule has 1 saturated carbocycles. The van der Waals surface area contributed by atoms with E-state index in [-0.39, 0.29) is 11.7 Å². The Bertz CT molecular complexity index is 809. The number of Topliss-reactive ketones (excluding diaryl/α,β-unsaturated/α-hetero) is 1. The number of carbonyl (C=O) groups is 2. The molecule has 7 heteroatoms. The molecule has 1 heterocycles. The molecule has 26 heavy (non-hydrogen) atoms. The van der Waals surface area contributed by atoms with E-state index < -0.39 is 0 Å². The fraction of sp³-hybridized carbons (Fsp3) is 0.368. The van der Waals surface area contributed by atoms with Crippen LogP contribution in [-0.2, 0) is 11.3 Å². The van der Waals surface area contributed by atoms with Crippen molar-refractivity contribution in [3.8, 4) is 0 Å². The Morgan fingerprint density at radius 3 is 2.65 bits per heavy atom. The second kappa shape index (κ2) is 8.31. The highest BCUT2D eigenvalue weighted by atomic mass is 32.2. The van der Waals surface area contributed by atoms with Crippen LogP contribution in [-0.4, -0.2) is 32.2 Å². The van der Waals surface area contributed by atoms with Gasteiger partial charge in [0.05, 0.1) is 5.75 Å². The number of benzene rings is 1. The van der Waals surface area contributed by atoms with Crippen LogP contribution in [0.4, 0.5) is 5.69 Å². The first-order valence-electron chi connectivity index (χ1n) is 8.72. The summed E-state index contributed by atoms with van der Waals surface area (Å²) in [6.07, 6.45) is 4.55. The Labute approximate surface area is 157 Å². The standard InChI is InChI=1S/C19H22N4O2S/c1-3-11-23-18(14-5-6-14)21-22-19(23)26-12-16(24)13-7-9-15(10-8-13)20-17(25)4-2/h3,7-10,14H,1,4-6,11-12H2,2H3,(H,20,25). The maximum absolute atomic E-state index is 12.4. The van der Waals surface area contributed by atoms with Crippen molar-refractivity contribution < 1.29 is 9.59 Å². The van der Waals surface area contributed by atoms with Gasteiger partial charge in [0.2, 0.25) is 5.91 Å². The zero-order valence-corrected chi connectivity index (χ0v) is 15.6. The minimum Gasteiger partial charge on any atom is -0.326 e. The number of hydrogen-bond acceptors (Lipinski definition) is 5. The van der Waals surface area contributed by atoms with Crippen LogP contribution in [0.25, 0.3) is 0 Å². The summed E-state index contributed by atoms with van der Waals surface area (Å²) in [7, 11) is 0. The number of nitrogens with zero attached hydrogens (tertiary/aromatic N) is 3. The molecule has 1 aromatic carbocycles. The van der Waals surface area contributed by atoms with Crippen LogP contribution in [0.1, 0.15) is 48.3 Å². The number of rotatable bonds is 9. The van der Waals surface area contributed by atoms with Crippen molar-refractivity contribution in [1.82, 2.24) is 14.8 Å². The molecular weight excluding hydrogens is 348 g/mol. The third kappa shape index (κ3) is 4.40.